The number of aromatic nitrogens is 2. The Morgan fingerprint density at radius 1 is 1.21 bits per heavy atom. The first-order chi connectivity index (χ1) is 16.3. The number of benzene rings is 2. The van der Waals surface area contributed by atoms with Crippen LogP contribution in [-0.4, -0.2) is 58.0 Å². The highest BCUT2D eigenvalue weighted by molar-refractivity contribution is 8.00. The fourth-order valence-electron chi connectivity index (χ4n) is 4.05. The molecule has 0 radical (unpaired) electrons. The third-order valence-corrected chi connectivity index (χ3v) is 7.11. The molecule has 0 spiro atoms. The standard InChI is InChI=1S/C24H26F2N4O3S/c1-15-22(28-33-27-15)14-29(2)24(31)23-11-19(34-18-7-5-17(32-3)6-8-18)13-30(23)12-16-4-9-20(25)21(26)10-16/h4-10,19,23H,11-14H2,1-3H3/t19-,23+/m1/s1. The Bertz CT molecular complexity index is 1140. The summed E-state index contributed by atoms with van der Waals surface area (Å²) in [4.78, 5) is 18.1. The number of methoxy groups -OCH3 is 1. The number of hydrogen-bond acceptors (Lipinski definition) is 7. The van der Waals surface area contributed by atoms with Gasteiger partial charge in [-0.2, -0.15) is 0 Å². The number of rotatable bonds is 8. The van der Waals surface area contributed by atoms with E-state index in [1.165, 1.54) is 6.07 Å². The second kappa shape index (κ2) is 10.5. The molecule has 0 bridgehead atoms. The van der Waals surface area contributed by atoms with Gasteiger partial charge in [-0.15, -0.1) is 11.8 Å². The van der Waals surface area contributed by atoms with Gasteiger partial charge >= 0.3 is 0 Å². The average molecular weight is 489 g/mol. The van der Waals surface area contributed by atoms with Crippen molar-refractivity contribution in [2.24, 2.45) is 0 Å². The van der Waals surface area contributed by atoms with E-state index in [9.17, 15) is 13.6 Å². The Morgan fingerprint density at radius 2 is 1.97 bits per heavy atom. The van der Waals surface area contributed by atoms with E-state index < -0.39 is 17.7 Å². The van der Waals surface area contributed by atoms with Crippen LogP contribution in [0.3, 0.4) is 0 Å². The van der Waals surface area contributed by atoms with E-state index in [-0.39, 0.29) is 17.7 Å². The van der Waals surface area contributed by atoms with Gasteiger partial charge in [-0.1, -0.05) is 16.4 Å². The van der Waals surface area contributed by atoms with Gasteiger partial charge < -0.3 is 9.64 Å². The molecule has 2 aromatic carbocycles. The van der Waals surface area contributed by atoms with Crippen molar-refractivity contribution in [3.8, 4) is 5.75 Å². The van der Waals surface area contributed by atoms with E-state index in [1.807, 2.05) is 29.2 Å². The Kier molecular flexibility index (Phi) is 7.47. The largest absolute Gasteiger partial charge is 0.497 e. The molecule has 0 saturated carbocycles. The zero-order chi connectivity index (χ0) is 24.2. The fourth-order valence-corrected chi connectivity index (χ4v) is 5.27. The molecule has 0 N–H and O–H groups in total. The minimum atomic E-state index is -0.894. The Morgan fingerprint density at radius 3 is 2.62 bits per heavy atom. The maximum atomic E-state index is 13.8. The highest BCUT2D eigenvalue weighted by atomic mass is 32.2. The molecule has 0 aliphatic carbocycles. The summed E-state index contributed by atoms with van der Waals surface area (Å²) in [5.41, 5.74) is 1.86. The van der Waals surface area contributed by atoms with Crippen molar-refractivity contribution in [2.45, 2.75) is 42.6 Å². The highest BCUT2D eigenvalue weighted by Gasteiger charge is 2.38. The van der Waals surface area contributed by atoms with E-state index >= 15 is 0 Å². The van der Waals surface area contributed by atoms with Crippen molar-refractivity contribution < 1.29 is 22.9 Å². The second-order valence-electron chi connectivity index (χ2n) is 8.34. The number of carbonyl (C=O) groups excluding carboxylic acids is 1. The molecule has 2 heterocycles. The number of carbonyl (C=O) groups is 1. The monoisotopic (exact) mass is 488 g/mol. The van der Waals surface area contributed by atoms with Crippen molar-refractivity contribution in [2.75, 3.05) is 20.7 Å². The minimum absolute atomic E-state index is 0.0668. The normalized spacial score (nSPS) is 18.3. The van der Waals surface area contributed by atoms with E-state index in [0.717, 1.165) is 16.7 Å². The molecular weight excluding hydrogens is 462 g/mol. The topological polar surface area (TPSA) is 71.7 Å². The lowest BCUT2D eigenvalue weighted by Gasteiger charge is -2.27. The molecule has 7 nitrogen and oxygen atoms in total. The highest BCUT2D eigenvalue weighted by Crippen LogP contribution is 2.35. The molecule has 180 valence electrons. The molecule has 1 amide bonds. The summed E-state index contributed by atoms with van der Waals surface area (Å²) in [7, 11) is 3.34. The quantitative estimate of drug-likeness (QED) is 0.474. The number of likely N-dealkylation sites (N-methyl/N-ethyl adjacent to an activating group) is 1. The molecule has 0 unspecified atom stereocenters. The number of amides is 1. The van der Waals surface area contributed by atoms with E-state index in [0.29, 0.717) is 36.5 Å². The maximum Gasteiger partial charge on any atom is 0.240 e. The SMILES string of the molecule is COc1ccc(S[C@@H]2C[C@@H](C(=O)N(C)Cc3nonc3C)N(Cc3ccc(F)c(F)c3)C2)cc1. The lowest BCUT2D eigenvalue weighted by molar-refractivity contribution is -0.135. The number of likely N-dealkylation sites (tertiary alicyclic amines) is 1. The second-order valence-corrected chi connectivity index (χ2v) is 9.71. The molecule has 3 aromatic rings. The third kappa shape index (κ3) is 5.56. The lowest BCUT2D eigenvalue weighted by atomic mass is 10.1. The Labute approximate surface area is 201 Å². The summed E-state index contributed by atoms with van der Waals surface area (Å²) in [5, 5.41) is 7.79. The van der Waals surface area contributed by atoms with Crippen LogP contribution in [0.25, 0.3) is 0 Å². The van der Waals surface area contributed by atoms with Gasteiger partial charge in [-0.3, -0.25) is 9.69 Å². The molecule has 2 atom stereocenters. The van der Waals surface area contributed by atoms with Crippen LogP contribution < -0.4 is 4.74 Å². The predicted molar refractivity (Wildman–Crippen MR) is 123 cm³/mol. The van der Waals surface area contributed by atoms with Crippen LogP contribution in [0, 0.1) is 18.6 Å². The molecule has 1 saturated heterocycles. The number of nitrogens with zero attached hydrogens (tertiary/aromatic N) is 4. The maximum absolute atomic E-state index is 13.8. The predicted octanol–water partition coefficient (Wildman–Crippen LogP) is 4.06. The minimum Gasteiger partial charge on any atom is -0.497 e. The molecule has 34 heavy (non-hydrogen) atoms. The Hall–Kier alpha value is -2.98. The van der Waals surface area contributed by atoms with Gasteiger partial charge in [0.15, 0.2) is 11.6 Å². The number of halogens is 2. The van der Waals surface area contributed by atoms with Gasteiger partial charge in [0.2, 0.25) is 5.91 Å². The summed E-state index contributed by atoms with van der Waals surface area (Å²) in [6, 6.07) is 11.2. The van der Waals surface area contributed by atoms with Crippen LogP contribution >= 0.6 is 11.8 Å². The average Bonchev–Trinajstić information content (AvgIpc) is 3.41. The van der Waals surface area contributed by atoms with E-state index in [2.05, 4.69) is 10.3 Å². The molecular formula is C24H26F2N4O3S. The molecule has 10 heteroatoms. The van der Waals surface area contributed by atoms with Gasteiger partial charge in [0.1, 0.15) is 17.1 Å². The van der Waals surface area contributed by atoms with Gasteiger partial charge in [0.25, 0.3) is 0 Å². The van der Waals surface area contributed by atoms with Crippen LogP contribution in [0.4, 0.5) is 8.78 Å². The van der Waals surface area contributed by atoms with Crippen LogP contribution in [0.2, 0.25) is 0 Å². The van der Waals surface area contributed by atoms with Crippen molar-refractivity contribution in [3.05, 3.63) is 71.1 Å². The first-order valence-corrected chi connectivity index (χ1v) is 11.7. The van der Waals surface area contributed by atoms with Crippen LogP contribution in [0.5, 0.6) is 5.75 Å². The first-order valence-electron chi connectivity index (χ1n) is 10.9. The molecule has 4 rings (SSSR count). The summed E-state index contributed by atoms with van der Waals surface area (Å²) in [6.45, 7) is 3.02. The smallest absolute Gasteiger partial charge is 0.240 e. The van der Waals surface area contributed by atoms with Gasteiger partial charge in [-0.05, 0) is 55.3 Å². The Balaban J connectivity index is 1.51. The van der Waals surface area contributed by atoms with Crippen LogP contribution in [-0.2, 0) is 17.9 Å². The summed E-state index contributed by atoms with van der Waals surface area (Å²) in [6.07, 6.45) is 0.625. The molecule has 1 aliphatic rings. The number of thioether (sulfide) groups is 1. The molecule has 1 aliphatic heterocycles. The number of aryl methyl sites for hydroxylation is 1. The summed E-state index contributed by atoms with van der Waals surface area (Å²) in [5.74, 6) is -1.07. The van der Waals surface area contributed by atoms with Gasteiger partial charge in [-0.25, -0.2) is 13.4 Å². The van der Waals surface area contributed by atoms with Crippen molar-refractivity contribution >= 4 is 17.7 Å². The fraction of sp³-hybridized carbons (Fsp3) is 0.375. The van der Waals surface area contributed by atoms with Crippen LogP contribution in [0.1, 0.15) is 23.4 Å². The summed E-state index contributed by atoms with van der Waals surface area (Å²) < 4.78 is 37.2. The lowest BCUT2D eigenvalue weighted by Crippen LogP contribution is -2.43. The molecule has 1 aromatic heterocycles. The van der Waals surface area contributed by atoms with Gasteiger partial charge in [0.05, 0.1) is 19.7 Å². The number of hydrogen-bond donors (Lipinski definition) is 0. The van der Waals surface area contributed by atoms with E-state index in [4.69, 9.17) is 9.37 Å². The van der Waals surface area contributed by atoms with E-state index in [1.54, 1.807) is 43.8 Å². The van der Waals surface area contributed by atoms with Crippen molar-refractivity contribution in [1.82, 2.24) is 20.1 Å². The number of ether oxygens (including phenoxy) is 1. The van der Waals surface area contributed by atoms with Crippen molar-refractivity contribution in [3.63, 3.8) is 0 Å². The summed E-state index contributed by atoms with van der Waals surface area (Å²) >= 11 is 1.69. The van der Waals surface area contributed by atoms with Crippen molar-refractivity contribution in [1.29, 1.82) is 0 Å². The first kappa shape index (κ1) is 24.2. The molecule has 1 fully saturated rings. The third-order valence-electron chi connectivity index (χ3n) is 5.89. The zero-order valence-corrected chi connectivity index (χ0v) is 20.0. The zero-order valence-electron chi connectivity index (χ0n) is 19.2. The van der Waals surface area contributed by atoms with Gasteiger partial charge in [0, 0.05) is 30.3 Å². The van der Waals surface area contributed by atoms with Crippen LogP contribution in [0.15, 0.2) is 52.0 Å².